The second-order valence-corrected chi connectivity index (χ2v) is 6.11. The lowest BCUT2D eigenvalue weighted by molar-refractivity contribution is 0.324. The number of hydrogen-bond donors (Lipinski definition) is 1. The first-order valence-corrected chi connectivity index (χ1v) is 7.53. The fourth-order valence-corrected chi connectivity index (χ4v) is 3.19. The Balaban J connectivity index is 2.03. The molecule has 0 atom stereocenters. The van der Waals surface area contributed by atoms with Gasteiger partial charge in [0.25, 0.3) is 0 Å². The van der Waals surface area contributed by atoms with Crippen molar-refractivity contribution in [2.24, 2.45) is 0 Å². The normalized spacial score (nSPS) is 17.7. The maximum atomic E-state index is 5.30. The summed E-state index contributed by atoms with van der Waals surface area (Å²) in [6.45, 7) is 6.61. The van der Waals surface area contributed by atoms with Gasteiger partial charge in [0.15, 0.2) is 0 Å². The van der Waals surface area contributed by atoms with Gasteiger partial charge in [-0.25, -0.2) is 4.98 Å². The van der Waals surface area contributed by atoms with Crippen molar-refractivity contribution in [3.05, 3.63) is 42.0 Å². The highest BCUT2D eigenvalue weighted by atomic mass is 16.5. The third kappa shape index (κ3) is 2.56. The van der Waals surface area contributed by atoms with Crippen molar-refractivity contribution in [1.82, 2.24) is 14.9 Å². The Labute approximate surface area is 126 Å². The first kappa shape index (κ1) is 14.1. The fourth-order valence-electron chi connectivity index (χ4n) is 3.19. The van der Waals surface area contributed by atoms with Crippen LogP contribution in [0.5, 0.6) is 5.75 Å². The van der Waals surface area contributed by atoms with Gasteiger partial charge in [-0.1, -0.05) is 6.92 Å². The molecule has 1 saturated heterocycles. The quantitative estimate of drug-likeness (QED) is 0.942. The molecule has 0 unspecified atom stereocenters. The van der Waals surface area contributed by atoms with Crippen LogP contribution in [0, 0.1) is 6.92 Å². The van der Waals surface area contributed by atoms with Crippen molar-refractivity contribution in [1.29, 1.82) is 0 Å². The molecule has 2 heterocycles. The van der Waals surface area contributed by atoms with E-state index in [4.69, 9.17) is 4.74 Å². The second-order valence-electron chi connectivity index (χ2n) is 6.11. The van der Waals surface area contributed by atoms with Gasteiger partial charge in [0, 0.05) is 23.0 Å². The predicted octanol–water partition coefficient (Wildman–Crippen LogP) is 2.83. The lowest BCUT2D eigenvalue weighted by Gasteiger charge is -2.34. The lowest BCUT2D eigenvalue weighted by atomic mass is 9.78. The summed E-state index contributed by atoms with van der Waals surface area (Å²) in [5.74, 6) is 0.894. The number of benzene rings is 1. The summed E-state index contributed by atoms with van der Waals surface area (Å²) >= 11 is 0. The third-order valence-corrected chi connectivity index (χ3v) is 4.63. The second kappa shape index (κ2) is 5.53. The van der Waals surface area contributed by atoms with Gasteiger partial charge in [-0.2, -0.15) is 0 Å². The molecule has 112 valence electrons. The molecular weight excluding hydrogens is 262 g/mol. The number of hydrogen-bond acceptors (Lipinski definition) is 3. The van der Waals surface area contributed by atoms with Gasteiger partial charge in [-0.05, 0) is 56.6 Å². The number of aryl methyl sites for hydroxylation is 1. The molecule has 1 N–H and O–H groups in total. The summed E-state index contributed by atoms with van der Waals surface area (Å²) in [6.07, 6.45) is 6.24. The van der Waals surface area contributed by atoms with E-state index in [1.807, 2.05) is 18.6 Å². The van der Waals surface area contributed by atoms with Crippen molar-refractivity contribution in [3.63, 3.8) is 0 Å². The molecule has 0 amide bonds. The Hall–Kier alpha value is -1.81. The van der Waals surface area contributed by atoms with Gasteiger partial charge in [-0.15, -0.1) is 0 Å². The number of piperidine rings is 1. The Bertz CT molecular complexity index is 627. The Kier molecular flexibility index (Phi) is 3.72. The van der Waals surface area contributed by atoms with Gasteiger partial charge < -0.3 is 14.6 Å². The largest absolute Gasteiger partial charge is 0.497 e. The van der Waals surface area contributed by atoms with Crippen LogP contribution in [0.4, 0.5) is 0 Å². The minimum absolute atomic E-state index is 0.189. The van der Waals surface area contributed by atoms with E-state index in [-0.39, 0.29) is 5.41 Å². The molecular formula is C17H23N3O. The number of imidazole rings is 1. The maximum absolute atomic E-state index is 5.30. The van der Waals surface area contributed by atoms with E-state index in [0.29, 0.717) is 0 Å². The number of nitrogens with one attached hydrogen (secondary N) is 1. The molecule has 4 nitrogen and oxygen atoms in total. The van der Waals surface area contributed by atoms with Crippen LogP contribution in [-0.2, 0) is 5.41 Å². The van der Waals surface area contributed by atoms with E-state index >= 15 is 0 Å². The van der Waals surface area contributed by atoms with E-state index in [9.17, 15) is 0 Å². The smallest absolute Gasteiger partial charge is 0.119 e. The van der Waals surface area contributed by atoms with Crippen molar-refractivity contribution >= 4 is 0 Å². The van der Waals surface area contributed by atoms with Gasteiger partial charge in [-0.3, -0.25) is 0 Å². The SMILES string of the molecule is COc1ccc(-n2cncc2C2(C)CCNCC2)c(C)c1. The minimum atomic E-state index is 0.189. The fraction of sp³-hybridized carbons (Fsp3) is 0.471. The Morgan fingerprint density at radius 3 is 2.71 bits per heavy atom. The molecule has 0 bridgehead atoms. The average molecular weight is 285 g/mol. The average Bonchev–Trinajstić information content (AvgIpc) is 2.98. The molecule has 4 heteroatoms. The van der Waals surface area contributed by atoms with Crippen LogP contribution in [-0.4, -0.2) is 29.8 Å². The van der Waals surface area contributed by atoms with E-state index in [1.54, 1.807) is 7.11 Å². The summed E-state index contributed by atoms with van der Waals surface area (Å²) < 4.78 is 7.54. The Morgan fingerprint density at radius 2 is 2.05 bits per heavy atom. The number of nitrogens with zero attached hydrogens (tertiary/aromatic N) is 2. The van der Waals surface area contributed by atoms with Crippen LogP contribution < -0.4 is 10.1 Å². The molecule has 1 aromatic heterocycles. The van der Waals surface area contributed by atoms with Crippen LogP contribution in [0.1, 0.15) is 31.0 Å². The molecule has 1 aliphatic rings. The monoisotopic (exact) mass is 285 g/mol. The molecule has 0 aliphatic carbocycles. The standard InChI is InChI=1S/C17H23N3O/c1-13-10-14(21-3)4-5-15(13)20-12-19-11-16(20)17(2)6-8-18-9-7-17/h4-5,10-12,18H,6-9H2,1-3H3. The van der Waals surface area contributed by atoms with Crippen LogP contribution in [0.25, 0.3) is 5.69 Å². The highest BCUT2D eigenvalue weighted by molar-refractivity contribution is 5.46. The zero-order valence-electron chi connectivity index (χ0n) is 13.0. The summed E-state index contributed by atoms with van der Waals surface area (Å²) in [7, 11) is 1.70. The topological polar surface area (TPSA) is 39.1 Å². The van der Waals surface area contributed by atoms with Gasteiger partial charge in [0.1, 0.15) is 5.75 Å². The van der Waals surface area contributed by atoms with Gasteiger partial charge in [0.2, 0.25) is 0 Å². The molecule has 1 fully saturated rings. The highest BCUT2D eigenvalue weighted by Crippen LogP contribution is 2.34. The summed E-state index contributed by atoms with van der Waals surface area (Å²) in [5.41, 5.74) is 3.88. The zero-order chi connectivity index (χ0) is 14.9. The van der Waals surface area contributed by atoms with E-state index in [0.717, 1.165) is 31.7 Å². The molecule has 0 radical (unpaired) electrons. The van der Waals surface area contributed by atoms with Gasteiger partial charge in [0.05, 0.1) is 13.4 Å². The summed E-state index contributed by atoms with van der Waals surface area (Å²) in [4.78, 5) is 4.41. The first-order chi connectivity index (χ1) is 10.1. The van der Waals surface area contributed by atoms with E-state index in [2.05, 4.69) is 40.8 Å². The number of ether oxygens (including phenoxy) is 1. The van der Waals surface area contributed by atoms with Crippen molar-refractivity contribution in [2.45, 2.75) is 32.1 Å². The number of aromatic nitrogens is 2. The number of rotatable bonds is 3. The molecule has 1 aliphatic heterocycles. The number of methoxy groups -OCH3 is 1. The zero-order valence-corrected chi connectivity index (χ0v) is 13.0. The molecule has 2 aromatic rings. The van der Waals surface area contributed by atoms with Crippen LogP contribution >= 0.6 is 0 Å². The highest BCUT2D eigenvalue weighted by Gasteiger charge is 2.32. The molecule has 21 heavy (non-hydrogen) atoms. The third-order valence-electron chi connectivity index (χ3n) is 4.63. The summed E-state index contributed by atoms with van der Waals surface area (Å²) in [5, 5.41) is 3.44. The molecule has 0 spiro atoms. The van der Waals surface area contributed by atoms with Crippen molar-refractivity contribution in [3.8, 4) is 11.4 Å². The Morgan fingerprint density at radius 1 is 1.29 bits per heavy atom. The van der Waals surface area contributed by atoms with E-state index in [1.165, 1.54) is 16.9 Å². The minimum Gasteiger partial charge on any atom is -0.497 e. The van der Waals surface area contributed by atoms with Gasteiger partial charge >= 0.3 is 0 Å². The molecule has 1 aromatic carbocycles. The van der Waals surface area contributed by atoms with Crippen LogP contribution in [0.2, 0.25) is 0 Å². The van der Waals surface area contributed by atoms with E-state index < -0.39 is 0 Å². The predicted molar refractivity (Wildman–Crippen MR) is 84.3 cm³/mol. The van der Waals surface area contributed by atoms with Crippen LogP contribution in [0.3, 0.4) is 0 Å². The molecule has 3 rings (SSSR count). The first-order valence-electron chi connectivity index (χ1n) is 7.53. The lowest BCUT2D eigenvalue weighted by Crippen LogP contribution is -2.38. The summed E-state index contributed by atoms with van der Waals surface area (Å²) in [6, 6.07) is 6.20. The van der Waals surface area contributed by atoms with Crippen molar-refractivity contribution < 1.29 is 4.74 Å². The maximum Gasteiger partial charge on any atom is 0.119 e. The van der Waals surface area contributed by atoms with Crippen LogP contribution in [0.15, 0.2) is 30.7 Å². The van der Waals surface area contributed by atoms with Crippen molar-refractivity contribution in [2.75, 3.05) is 20.2 Å². The molecule has 0 saturated carbocycles.